The maximum atomic E-state index is 9.24. The van der Waals surface area contributed by atoms with Crippen LogP contribution >= 0.6 is 15.9 Å². The summed E-state index contributed by atoms with van der Waals surface area (Å²) >= 11 is 3.31. The van der Waals surface area contributed by atoms with Gasteiger partial charge in [-0.2, -0.15) is 0 Å². The SMILES string of the molecule is CCC(CCCBr)C(C)(O)O. The highest BCUT2D eigenvalue weighted by Crippen LogP contribution is 2.22. The van der Waals surface area contributed by atoms with Crippen LogP contribution in [0.2, 0.25) is 0 Å². The molecule has 0 radical (unpaired) electrons. The topological polar surface area (TPSA) is 40.5 Å². The first-order valence-corrected chi connectivity index (χ1v) is 5.15. The molecule has 3 heteroatoms. The summed E-state index contributed by atoms with van der Waals surface area (Å²) in [4.78, 5) is 0. The van der Waals surface area contributed by atoms with Crippen LogP contribution in [0.1, 0.15) is 33.1 Å². The Kier molecular flexibility index (Phi) is 5.30. The number of aliphatic hydroxyl groups is 2. The van der Waals surface area contributed by atoms with E-state index in [1.807, 2.05) is 6.92 Å². The van der Waals surface area contributed by atoms with Gasteiger partial charge in [0, 0.05) is 11.2 Å². The van der Waals surface area contributed by atoms with E-state index in [1.165, 1.54) is 6.92 Å². The van der Waals surface area contributed by atoms with E-state index >= 15 is 0 Å². The van der Waals surface area contributed by atoms with E-state index in [0.29, 0.717) is 0 Å². The predicted octanol–water partition coefficient (Wildman–Crippen LogP) is 1.89. The Hall–Kier alpha value is 0.400. The van der Waals surface area contributed by atoms with E-state index in [-0.39, 0.29) is 5.92 Å². The number of alkyl halides is 1. The van der Waals surface area contributed by atoms with Crippen molar-refractivity contribution < 1.29 is 10.2 Å². The smallest absolute Gasteiger partial charge is 0.162 e. The molecule has 0 saturated carbocycles. The van der Waals surface area contributed by atoms with Gasteiger partial charge in [-0.1, -0.05) is 22.9 Å². The van der Waals surface area contributed by atoms with E-state index in [4.69, 9.17) is 0 Å². The van der Waals surface area contributed by atoms with Gasteiger partial charge in [0.15, 0.2) is 5.79 Å². The molecular weight excluding hydrogens is 208 g/mol. The molecule has 1 atom stereocenters. The number of hydrogen-bond donors (Lipinski definition) is 2. The lowest BCUT2D eigenvalue weighted by atomic mass is 9.93. The molecule has 0 spiro atoms. The molecule has 0 aromatic rings. The predicted molar refractivity (Wildman–Crippen MR) is 49.7 cm³/mol. The van der Waals surface area contributed by atoms with Crippen LogP contribution in [-0.4, -0.2) is 21.3 Å². The molecule has 0 heterocycles. The highest BCUT2D eigenvalue weighted by atomic mass is 79.9. The Morgan fingerprint density at radius 1 is 1.45 bits per heavy atom. The molecule has 1 unspecified atom stereocenters. The summed E-state index contributed by atoms with van der Waals surface area (Å²) in [5, 5.41) is 19.4. The number of halogens is 1. The van der Waals surface area contributed by atoms with Crippen LogP contribution in [0.5, 0.6) is 0 Å². The first-order valence-electron chi connectivity index (χ1n) is 4.03. The van der Waals surface area contributed by atoms with Crippen LogP contribution in [-0.2, 0) is 0 Å². The maximum Gasteiger partial charge on any atom is 0.162 e. The fourth-order valence-corrected chi connectivity index (χ4v) is 1.51. The number of hydrogen-bond acceptors (Lipinski definition) is 2. The third-order valence-electron chi connectivity index (χ3n) is 1.95. The average molecular weight is 225 g/mol. The summed E-state index contributed by atoms with van der Waals surface area (Å²) in [6, 6.07) is 0. The quantitative estimate of drug-likeness (QED) is 0.554. The minimum atomic E-state index is -1.50. The Balaban J connectivity index is 3.76. The molecule has 0 bridgehead atoms. The first kappa shape index (κ1) is 11.4. The van der Waals surface area contributed by atoms with Crippen LogP contribution in [0.25, 0.3) is 0 Å². The lowest BCUT2D eigenvalue weighted by molar-refractivity contribution is -0.187. The Morgan fingerprint density at radius 3 is 2.27 bits per heavy atom. The first-order chi connectivity index (χ1) is 5.02. The van der Waals surface area contributed by atoms with Gasteiger partial charge in [-0.05, 0) is 26.2 Å². The van der Waals surface area contributed by atoms with E-state index in [9.17, 15) is 10.2 Å². The molecule has 0 aromatic heterocycles. The molecular formula is C8H17BrO2. The Labute approximate surface area is 76.7 Å². The zero-order valence-corrected chi connectivity index (χ0v) is 8.76. The van der Waals surface area contributed by atoms with Crippen LogP contribution in [0.4, 0.5) is 0 Å². The molecule has 11 heavy (non-hydrogen) atoms. The lowest BCUT2D eigenvalue weighted by Crippen LogP contribution is -2.33. The van der Waals surface area contributed by atoms with E-state index in [0.717, 1.165) is 24.6 Å². The lowest BCUT2D eigenvalue weighted by Gasteiger charge is -2.26. The van der Waals surface area contributed by atoms with Crippen molar-refractivity contribution in [1.82, 2.24) is 0 Å². The average Bonchev–Trinajstić information content (AvgIpc) is 1.87. The van der Waals surface area contributed by atoms with Crippen LogP contribution in [0.3, 0.4) is 0 Å². The van der Waals surface area contributed by atoms with Crippen molar-refractivity contribution in [3.05, 3.63) is 0 Å². The van der Waals surface area contributed by atoms with Crippen molar-refractivity contribution in [3.63, 3.8) is 0 Å². The molecule has 2 N–H and O–H groups in total. The second kappa shape index (κ2) is 5.12. The summed E-state index contributed by atoms with van der Waals surface area (Å²) in [6.07, 6.45) is 2.68. The third-order valence-corrected chi connectivity index (χ3v) is 2.51. The summed E-state index contributed by atoms with van der Waals surface area (Å²) in [5.41, 5.74) is 0. The normalized spacial score (nSPS) is 15.0. The van der Waals surface area contributed by atoms with Gasteiger partial charge in [-0.25, -0.2) is 0 Å². The van der Waals surface area contributed by atoms with Gasteiger partial charge in [-0.3, -0.25) is 0 Å². The van der Waals surface area contributed by atoms with Gasteiger partial charge >= 0.3 is 0 Å². The van der Waals surface area contributed by atoms with Gasteiger partial charge in [0.2, 0.25) is 0 Å². The van der Waals surface area contributed by atoms with E-state index in [2.05, 4.69) is 15.9 Å². The minimum Gasteiger partial charge on any atom is -0.366 e. The summed E-state index contributed by atoms with van der Waals surface area (Å²) in [7, 11) is 0. The van der Waals surface area contributed by atoms with Gasteiger partial charge in [0.1, 0.15) is 0 Å². The summed E-state index contributed by atoms with van der Waals surface area (Å²) < 4.78 is 0. The molecule has 0 rings (SSSR count). The van der Waals surface area contributed by atoms with Crippen molar-refractivity contribution in [1.29, 1.82) is 0 Å². The molecule has 68 valence electrons. The van der Waals surface area contributed by atoms with E-state index < -0.39 is 5.79 Å². The van der Waals surface area contributed by atoms with Crippen molar-refractivity contribution in [2.24, 2.45) is 5.92 Å². The molecule has 0 amide bonds. The van der Waals surface area contributed by atoms with Crippen molar-refractivity contribution in [2.75, 3.05) is 5.33 Å². The number of rotatable bonds is 5. The van der Waals surface area contributed by atoms with Crippen LogP contribution < -0.4 is 0 Å². The molecule has 0 aliphatic rings. The second-order valence-electron chi connectivity index (χ2n) is 3.03. The van der Waals surface area contributed by atoms with Gasteiger partial charge in [-0.15, -0.1) is 0 Å². The van der Waals surface area contributed by atoms with Gasteiger partial charge < -0.3 is 10.2 Å². The zero-order chi connectivity index (χ0) is 8.91. The fourth-order valence-electron chi connectivity index (χ4n) is 1.19. The third kappa shape index (κ3) is 4.77. The summed E-state index contributed by atoms with van der Waals surface area (Å²) in [5.74, 6) is -1.50. The van der Waals surface area contributed by atoms with Crippen molar-refractivity contribution >= 4 is 15.9 Å². The highest BCUT2D eigenvalue weighted by Gasteiger charge is 2.26. The molecule has 0 aliphatic heterocycles. The monoisotopic (exact) mass is 224 g/mol. The van der Waals surface area contributed by atoms with Crippen LogP contribution in [0, 0.1) is 5.92 Å². The summed E-state index contributed by atoms with van der Waals surface area (Å²) in [6.45, 7) is 3.43. The second-order valence-corrected chi connectivity index (χ2v) is 3.82. The van der Waals surface area contributed by atoms with E-state index in [1.54, 1.807) is 0 Å². The Morgan fingerprint density at radius 2 is 2.00 bits per heavy atom. The molecule has 0 aliphatic carbocycles. The van der Waals surface area contributed by atoms with Crippen LogP contribution in [0.15, 0.2) is 0 Å². The molecule has 0 fully saturated rings. The molecule has 2 nitrogen and oxygen atoms in total. The van der Waals surface area contributed by atoms with Crippen molar-refractivity contribution in [2.45, 2.75) is 38.9 Å². The minimum absolute atomic E-state index is 0.0000463. The zero-order valence-electron chi connectivity index (χ0n) is 7.18. The highest BCUT2D eigenvalue weighted by molar-refractivity contribution is 9.09. The largest absolute Gasteiger partial charge is 0.366 e. The van der Waals surface area contributed by atoms with Gasteiger partial charge in [0.25, 0.3) is 0 Å². The standard InChI is InChI=1S/C8H17BrO2/c1-3-7(5-4-6-9)8(2,10)11/h7,10-11H,3-6H2,1-2H3. The fraction of sp³-hybridized carbons (Fsp3) is 1.00. The van der Waals surface area contributed by atoms with Gasteiger partial charge in [0.05, 0.1) is 0 Å². The Bertz CT molecular complexity index is 98.8. The maximum absolute atomic E-state index is 9.24. The molecule has 0 saturated heterocycles. The molecule has 0 aromatic carbocycles. The van der Waals surface area contributed by atoms with Crippen molar-refractivity contribution in [3.8, 4) is 0 Å².